The SMILES string of the molecule is CCc1nc2ccccc2c2nc3ccccc3cc12. The first kappa shape index (κ1) is 11.4. The second-order valence-corrected chi connectivity index (χ2v) is 5.01. The molecule has 2 heteroatoms. The number of hydrogen-bond acceptors (Lipinski definition) is 2. The largest absolute Gasteiger partial charge is 0.252 e. The Morgan fingerprint density at radius 2 is 1.55 bits per heavy atom. The van der Waals surface area contributed by atoms with Gasteiger partial charge in [0.05, 0.1) is 22.2 Å². The molecule has 0 N–H and O–H groups in total. The molecule has 0 aliphatic heterocycles. The van der Waals surface area contributed by atoms with E-state index in [1.165, 1.54) is 10.8 Å². The minimum absolute atomic E-state index is 0.918. The maximum Gasteiger partial charge on any atom is 0.0822 e. The van der Waals surface area contributed by atoms with Crippen LogP contribution in [0, 0.1) is 0 Å². The average molecular weight is 258 g/mol. The van der Waals surface area contributed by atoms with Crippen LogP contribution < -0.4 is 0 Å². The van der Waals surface area contributed by atoms with Crippen LogP contribution in [0.4, 0.5) is 0 Å². The molecule has 0 unspecified atom stereocenters. The van der Waals surface area contributed by atoms with Gasteiger partial charge in [0.2, 0.25) is 0 Å². The van der Waals surface area contributed by atoms with Gasteiger partial charge >= 0.3 is 0 Å². The molecule has 2 nitrogen and oxygen atoms in total. The lowest BCUT2D eigenvalue weighted by atomic mass is 10.0. The summed E-state index contributed by atoms with van der Waals surface area (Å²) in [6.45, 7) is 2.14. The van der Waals surface area contributed by atoms with Crippen LogP contribution in [0.25, 0.3) is 32.7 Å². The molecule has 0 fully saturated rings. The molecule has 0 atom stereocenters. The first-order valence-corrected chi connectivity index (χ1v) is 6.94. The zero-order valence-corrected chi connectivity index (χ0v) is 11.3. The molecule has 2 aromatic heterocycles. The summed E-state index contributed by atoms with van der Waals surface area (Å²) in [5, 5.41) is 3.47. The fourth-order valence-corrected chi connectivity index (χ4v) is 2.79. The Labute approximate surface area is 117 Å². The van der Waals surface area contributed by atoms with Crippen LogP contribution >= 0.6 is 0 Å². The van der Waals surface area contributed by atoms with E-state index in [4.69, 9.17) is 9.97 Å². The maximum absolute atomic E-state index is 4.87. The topological polar surface area (TPSA) is 25.8 Å². The average Bonchev–Trinajstić information content (AvgIpc) is 2.52. The van der Waals surface area contributed by atoms with Crippen molar-refractivity contribution in [2.75, 3.05) is 0 Å². The van der Waals surface area contributed by atoms with Crippen molar-refractivity contribution in [3.05, 3.63) is 60.3 Å². The summed E-state index contributed by atoms with van der Waals surface area (Å²) >= 11 is 0. The predicted molar refractivity (Wildman–Crippen MR) is 83.9 cm³/mol. The van der Waals surface area contributed by atoms with Crippen molar-refractivity contribution < 1.29 is 0 Å². The molecular weight excluding hydrogens is 244 g/mol. The number of hydrogen-bond donors (Lipinski definition) is 0. The number of para-hydroxylation sites is 2. The Kier molecular flexibility index (Phi) is 2.43. The van der Waals surface area contributed by atoms with Crippen LogP contribution in [0.3, 0.4) is 0 Å². The van der Waals surface area contributed by atoms with Crippen LogP contribution in [0.15, 0.2) is 54.6 Å². The van der Waals surface area contributed by atoms with E-state index in [9.17, 15) is 0 Å². The third kappa shape index (κ3) is 1.58. The Morgan fingerprint density at radius 1 is 0.800 bits per heavy atom. The molecule has 0 radical (unpaired) electrons. The van der Waals surface area contributed by atoms with Gasteiger partial charge in [-0.05, 0) is 24.6 Å². The summed E-state index contributed by atoms with van der Waals surface area (Å²) < 4.78 is 0. The van der Waals surface area contributed by atoms with Crippen molar-refractivity contribution in [3.63, 3.8) is 0 Å². The Bertz CT molecular complexity index is 942. The molecule has 0 spiro atoms. The fourth-order valence-electron chi connectivity index (χ4n) is 2.79. The minimum Gasteiger partial charge on any atom is -0.252 e. The van der Waals surface area contributed by atoms with Crippen LogP contribution in [0.2, 0.25) is 0 Å². The van der Waals surface area contributed by atoms with Gasteiger partial charge in [0, 0.05) is 16.2 Å². The second kappa shape index (κ2) is 4.27. The number of pyridine rings is 2. The summed E-state index contributed by atoms with van der Waals surface area (Å²) in [6, 6.07) is 18.7. The Morgan fingerprint density at radius 3 is 2.40 bits per heavy atom. The normalized spacial score (nSPS) is 11.4. The van der Waals surface area contributed by atoms with E-state index in [1.54, 1.807) is 0 Å². The monoisotopic (exact) mass is 258 g/mol. The summed E-state index contributed by atoms with van der Waals surface area (Å²) in [6.07, 6.45) is 0.918. The van der Waals surface area contributed by atoms with Gasteiger partial charge in [0.1, 0.15) is 0 Å². The van der Waals surface area contributed by atoms with Gasteiger partial charge < -0.3 is 0 Å². The molecule has 0 amide bonds. The van der Waals surface area contributed by atoms with Crippen molar-refractivity contribution in [3.8, 4) is 0 Å². The highest BCUT2D eigenvalue weighted by molar-refractivity contribution is 6.07. The molecule has 0 aliphatic carbocycles. The second-order valence-electron chi connectivity index (χ2n) is 5.01. The molecule has 20 heavy (non-hydrogen) atoms. The molecule has 0 saturated heterocycles. The van der Waals surface area contributed by atoms with Gasteiger partial charge in [-0.1, -0.05) is 43.3 Å². The molecule has 0 bridgehead atoms. The van der Waals surface area contributed by atoms with Gasteiger partial charge in [0.25, 0.3) is 0 Å². The number of fused-ring (bicyclic) bond motifs is 4. The minimum atomic E-state index is 0.918. The zero-order valence-electron chi connectivity index (χ0n) is 11.3. The number of rotatable bonds is 1. The van der Waals surface area contributed by atoms with Crippen LogP contribution in [-0.4, -0.2) is 9.97 Å². The van der Waals surface area contributed by atoms with Crippen molar-refractivity contribution >= 4 is 32.7 Å². The number of benzene rings is 2. The third-order valence-electron chi connectivity index (χ3n) is 3.78. The van der Waals surface area contributed by atoms with Gasteiger partial charge in [0.15, 0.2) is 0 Å². The lowest BCUT2D eigenvalue weighted by Crippen LogP contribution is -1.94. The van der Waals surface area contributed by atoms with E-state index in [0.717, 1.165) is 34.1 Å². The van der Waals surface area contributed by atoms with Crippen molar-refractivity contribution in [1.82, 2.24) is 9.97 Å². The first-order valence-electron chi connectivity index (χ1n) is 6.94. The summed E-state index contributed by atoms with van der Waals surface area (Å²) in [4.78, 5) is 9.66. The van der Waals surface area contributed by atoms with Crippen molar-refractivity contribution in [2.24, 2.45) is 0 Å². The van der Waals surface area contributed by atoms with E-state index >= 15 is 0 Å². The van der Waals surface area contributed by atoms with E-state index in [1.807, 2.05) is 18.2 Å². The quantitative estimate of drug-likeness (QED) is 0.371. The lowest BCUT2D eigenvalue weighted by molar-refractivity contribution is 1.08. The fraction of sp³-hybridized carbons (Fsp3) is 0.111. The molecule has 4 rings (SSSR count). The third-order valence-corrected chi connectivity index (χ3v) is 3.78. The summed E-state index contributed by atoms with van der Waals surface area (Å²) in [5.74, 6) is 0. The molecule has 0 aliphatic rings. The zero-order chi connectivity index (χ0) is 13.5. The van der Waals surface area contributed by atoms with E-state index in [2.05, 4.69) is 43.3 Å². The smallest absolute Gasteiger partial charge is 0.0822 e. The molecule has 0 saturated carbocycles. The maximum atomic E-state index is 4.87. The molecule has 96 valence electrons. The summed E-state index contributed by atoms with van der Waals surface area (Å²) in [5.41, 5.74) is 4.25. The lowest BCUT2D eigenvalue weighted by Gasteiger charge is -2.09. The highest BCUT2D eigenvalue weighted by Gasteiger charge is 2.09. The molecular formula is C18H14N2. The number of aromatic nitrogens is 2. The van der Waals surface area contributed by atoms with Crippen LogP contribution in [-0.2, 0) is 6.42 Å². The standard InChI is InChI=1S/C18H14N2/c1-2-15-14-11-12-7-3-5-9-16(12)20-18(14)13-8-4-6-10-17(13)19-15/h3-11H,2H2,1H3. The van der Waals surface area contributed by atoms with Gasteiger partial charge in [-0.3, -0.25) is 4.98 Å². The van der Waals surface area contributed by atoms with E-state index in [0.29, 0.717) is 0 Å². The molecule has 4 aromatic rings. The van der Waals surface area contributed by atoms with Crippen molar-refractivity contribution in [1.29, 1.82) is 0 Å². The summed E-state index contributed by atoms with van der Waals surface area (Å²) in [7, 11) is 0. The molecule has 2 aromatic carbocycles. The van der Waals surface area contributed by atoms with E-state index in [-0.39, 0.29) is 0 Å². The highest BCUT2D eigenvalue weighted by atomic mass is 14.7. The first-order chi connectivity index (χ1) is 9.86. The molecule has 2 heterocycles. The van der Waals surface area contributed by atoms with Crippen LogP contribution in [0.1, 0.15) is 12.6 Å². The Hall–Kier alpha value is -2.48. The van der Waals surface area contributed by atoms with Gasteiger partial charge in [-0.25, -0.2) is 4.98 Å². The van der Waals surface area contributed by atoms with Crippen molar-refractivity contribution in [2.45, 2.75) is 13.3 Å². The number of aryl methyl sites for hydroxylation is 1. The Balaban J connectivity index is 2.28. The number of nitrogens with zero attached hydrogens (tertiary/aromatic N) is 2. The van der Waals surface area contributed by atoms with E-state index < -0.39 is 0 Å². The predicted octanol–water partition coefficient (Wildman–Crippen LogP) is 4.50. The van der Waals surface area contributed by atoms with Gasteiger partial charge in [-0.2, -0.15) is 0 Å². The van der Waals surface area contributed by atoms with Gasteiger partial charge in [-0.15, -0.1) is 0 Å². The highest BCUT2D eigenvalue weighted by Crippen LogP contribution is 2.28. The van der Waals surface area contributed by atoms with Crippen LogP contribution in [0.5, 0.6) is 0 Å².